The van der Waals surface area contributed by atoms with Crippen LogP contribution < -0.4 is 10.6 Å². The molecule has 0 fully saturated rings. The van der Waals surface area contributed by atoms with E-state index in [-0.39, 0.29) is 0 Å². The Hall–Kier alpha value is -1.59. The first-order valence-electron chi connectivity index (χ1n) is 8.82. The molecular formula is C19H34N4O. The molecule has 5 nitrogen and oxygen atoms in total. The van der Waals surface area contributed by atoms with Gasteiger partial charge in [-0.2, -0.15) is 0 Å². The Morgan fingerprint density at radius 1 is 1.21 bits per heavy atom. The van der Waals surface area contributed by atoms with Crippen LogP contribution in [0, 0.1) is 13.8 Å². The third kappa shape index (κ3) is 8.31. The van der Waals surface area contributed by atoms with Crippen molar-refractivity contribution < 1.29 is 4.74 Å². The van der Waals surface area contributed by atoms with Crippen molar-refractivity contribution in [2.45, 2.75) is 33.7 Å². The molecule has 0 saturated carbocycles. The Kier molecular flexibility index (Phi) is 10.1. The van der Waals surface area contributed by atoms with Crippen molar-refractivity contribution in [1.82, 2.24) is 15.5 Å². The fraction of sp³-hybridized carbons (Fsp3) is 0.632. The lowest BCUT2D eigenvalue weighted by atomic mass is 10.1. The number of hydrogen-bond acceptors (Lipinski definition) is 3. The Labute approximate surface area is 147 Å². The molecule has 0 saturated heterocycles. The van der Waals surface area contributed by atoms with Gasteiger partial charge >= 0.3 is 0 Å². The number of benzene rings is 1. The number of nitrogens with one attached hydrogen (secondary N) is 2. The molecule has 0 radical (unpaired) electrons. The third-order valence-corrected chi connectivity index (χ3v) is 3.92. The van der Waals surface area contributed by atoms with Crippen molar-refractivity contribution in [2.75, 3.05) is 46.9 Å². The largest absolute Gasteiger partial charge is 0.385 e. The summed E-state index contributed by atoms with van der Waals surface area (Å²) in [7, 11) is 3.88. The molecule has 0 spiro atoms. The predicted molar refractivity (Wildman–Crippen MR) is 103 cm³/mol. The standard InChI is InChI=1S/C19H34N4O/c1-6-20-19(21-10-12-23(4)11-7-13-24-5)22-15-18-9-8-16(2)14-17(18)3/h8-9,14H,6-7,10-13,15H2,1-5H3,(H2,20,21,22). The zero-order valence-corrected chi connectivity index (χ0v) is 16.0. The lowest BCUT2D eigenvalue weighted by Gasteiger charge is -2.18. The molecule has 1 rings (SSSR count). The highest BCUT2D eigenvalue weighted by atomic mass is 16.5. The highest BCUT2D eigenvalue weighted by molar-refractivity contribution is 5.79. The van der Waals surface area contributed by atoms with E-state index in [4.69, 9.17) is 9.73 Å². The molecule has 0 aliphatic rings. The first-order chi connectivity index (χ1) is 11.6. The number of methoxy groups -OCH3 is 1. The summed E-state index contributed by atoms with van der Waals surface area (Å²) in [6, 6.07) is 6.52. The summed E-state index contributed by atoms with van der Waals surface area (Å²) < 4.78 is 5.09. The van der Waals surface area contributed by atoms with Gasteiger partial charge in [-0.05, 0) is 45.4 Å². The van der Waals surface area contributed by atoms with Gasteiger partial charge in [-0.25, -0.2) is 4.99 Å². The van der Waals surface area contributed by atoms with E-state index in [0.29, 0.717) is 6.54 Å². The summed E-state index contributed by atoms with van der Waals surface area (Å²) >= 11 is 0. The van der Waals surface area contributed by atoms with Crippen LogP contribution >= 0.6 is 0 Å². The monoisotopic (exact) mass is 334 g/mol. The van der Waals surface area contributed by atoms with Crippen LogP contribution in [0.25, 0.3) is 0 Å². The molecule has 0 aliphatic heterocycles. The number of nitrogens with zero attached hydrogens (tertiary/aromatic N) is 2. The molecule has 1 aromatic rings. The van der Waals surface area contributed by atoms with E-state index in [2.05, 4.69) is 61.6 Å². The lowest BCUT2D eigenvalue weighted by Crippen LogP contribution is -2.41. The molecule has 0 heterocycles. The zero-order valence-electron chi connectivity index (χ0n) is 16.0. The minimum Gasteiger partial charge on any atom is -0.385 e. The second kappa shape index (κ2) is 11.9. The quantitative estimate of drug-likeness (QED) is 0.392. The summed E-state index contributed by atoms with van der Waals surface area (Å²) in [6.45, 7) is 11.6. The van der Waals surface area contributed by atoms with E-state index in [1.54, 1.807) is 7.11 Å². The fourth-order valence-electron chi connectivity index (χ4n) is 2.48. The van der Waals surface area contributed by atoms with Crippen LogP contribution in [0.15, 0.2) is 23.2 Å². The Bertz CT molecular complexity index is 502. The molecule has 136 valence electrons. The molecular weight excluding hydrogens is 300 g/mol. The smallest absolute Gasteiger partial charge is 0.191 e. The van der Waals surface area contributed by atoms with Crippen LogP contribution in [0.5, 0.6) is 0 Å². The van der Waals surface area contributed by atoms with Gasteiger partial charge in [0.15, 0.2) is 5.96 Å². The summed E-state index contributed by atoms with van der Waals surface area (Å²) in [6.07, 6.45) is 1.06. The molecule has 0 aromatic heterocycles. The van der Waals surface area contributed by atoms with Crippen molar-refractivity contribution in [2.24, 2.45) is 4.99 Å². The highest BCUT2D eigenvalue weighted by Crippen LogP contribution is 2.11. The third-order valence-electron chi connectivity index (χ3n) is 3.92. The number of hydrogen-bond donors (Lipinski definition) is 2. The first-order valence-corrected chi connectivity index (χ1v) is 8.82. The normalized spacial score (nSPS) is 11.8. The average Bonchev–Trinajstić information content (AvgIpc) is 2.54. The van der Waals surface area contributed by atoms with Crippen LogP contribution in [0.3, 0.4) is 0 Å². The van der Waals surface area contributed by atoms with E-state index >= 15 is 0 Å². The van der Waals surface area contributed by atoms with E-state index in [1.165, 1.54) is 16.7 Å². The minimum absolute atomic E-state index is 0.700. The Morgan fingerprint density at radius 2 is 2.00 bits per heavy atom. The van der Waals surface area contributed by atoms with E-state index in [0.717, 1.165) is 45.2 Å². The Morgan fingerprint density at radius 3 is 2.67 bits per heavy atom. The van der Waals surface area contributed by atoms with E-state index in [1.807, 2.05) is 0 Å². The second-order valence-corrected chi connectivity index (χ2v) is 6.20. The summed E-state index contributed by atoms with van der Waals surface area (Å²) in [4.78, 5) is 7.01. The summed E-state index contributed by atoms with van der Waals surface area (Å²) in [5, 5.41) is 6.72. The number of aryl methyl sites for hydroxylation is 2. The summed E-state index contributed by atoms with van der Waals surface area (Å²) in [5.41, 5.74) is 3.86. The van der Waals surface area contributed by atoms with Crippen LogP contribution in [-0.2, 0) is 11.3 Å². The van der Waals surface area contributed by atoms with E-state index in [9.17, 15) is 0 Å². The van der Waals surface area contributed by atoms with Gasteiger partial charge in [-0.15, -0.1) is 0 Å². The van der Waals surface area contributed by atoms with Gasteiger partial charge in [-0.1, -0.05) is 23.8 Å². The van der Waals surface area contributed by atoms with Gasteiger partial charge in [0, 0.05) is 39.9 Å². The molecule has 0 bridgehead atoms. The zero-order chi connectivity index (χ0) is 17.8. The maximum absolute atomic E-state index is 5.09. The molecule has 2 N–H and O–H groups in total. The number of guanidine groups is 1. The van der Waals surface area contributed by atoms with Crippen LogP contribution in [0.4, 0.5) is 0 Å². The van der Waals surface area contributed by atoms with Crippen LogP contribution in [-0.4, -0.2) is 57.8 Å². The molecule has 0 atom stereocenters. The highest BCUT2D eigenvalue weighted by Gasteiger charge is 2.02. The average molecular weight is 335 g/mol. The molecule has 0 unspecified atom stereocenters. The second-order valence-electron chi connectivity index (χ2n) is 6.20. The number of aliphatic imine (C=N–C) groups is 1. The fourth-order valence-corrected chi connectivity index (χ4v) is 2.48. The first kappa shape index (κ1) is 20.5. The SMILES string of the molecule is CCNC(=NCc1ccc(C)cc1C)NCCN(C)CCCOC. The predicted octanol–water partition coefficient (Wildman–Crippen LogP) is 2.33. The van der Waals surface area contributed by atoms with Crippen molar-refractivity contribution in [1.29, 1.82) is 0 Å². The summed E-state index contributed by atoms with van der Waals surface area (Å²) in [5.74, 6) is 0.878. The van der Waals surface area contributed by atoms with Crippen molar-refractivity contribution in [3.63, 3.8) is 0 Å². The van der Waals surface area contributed by atoms with Crippen molar-refractivity contribution in [3.05, 3.63) is 34.9 Å². The van der Waals surface area contributed by atoms with Crippen LogP contribution in [0.2, 0.25) is 0 Å². The number of rotatable bonds is 10. The maximum atomic E-state index is 5.09. The molecule has 0 aliphatic carbocycles. The van der Waals surface area contributed by atoms with Gasteiger partial charge in [-0.3, -0.25) is 0 Å². The molecule has 1 aromatic carbocycles. The minimum atomic E-state index is 0.700. The van der Waals surface area contributed by atoms with Gasteiger partial charge in [0.25, 0.3) is 0 Å². The molecule has 5 heteroatoms. The van der Waals surface area contributed by atoms with Gasteiger partial charge in [0.05, 0.1) is 6.54 Å². The van der Waals surface area contributed by atoms with Gasteiger partial charge in [0.2, 0.25) is 0 Å². The maximum Gasteiger partial charge on any atom is 0.191 e. The lowest BCUT2D eigenvalue weighted by molar-refractivity contribution is 0.180. The van der Waals surface area contributed by atoms with Crippen molar-refractivity contribution in [3.8, 4) is 0 Å². The Balaban J connectivity index is 2.45. The van der Waals surface area contributed by atoms with E-state index < -0.39 is 0 Å². The van der Waals surface area contributed by atoms with Gasteiger partial charge in [0.1, 0.15) is 0 Å². The van der Waals surface area contributed by atoms with Crippen LogP contribution in [0.1, 0.15) is 30.0 Å². The number of ether oxygens (including phenoxy) is 1. The number of likely N-dealkylation sites (N-methyl/N-ethyl adjacent to an activating group) is 1. The topological polar surface area (TPSA) is 48.9 Å². The van der Waals surface area contributed by atoms with Crippen molar-refractivity contribution >= 4 is 5.96 Å². The van der Waals surface area contributed by atoms with Gasteiger partial charge < -0.3 is 20.3 Å². The molecule has 0 amide bonds. The molecule has 24 heavy (non-hydrogen) atoms.